The number of sulfonamides is 1. The zero-order valence-corrected chi connectivity index (χ0v) is 20.5. The largest absolute Gasteiger partial charge is 0.339 e. The molecular formula is C22H24Cl2N4O3S. The van der Waals surface area contributed by atoms with Crippen LogP contribution in [-0.2, 0) is 21.2 Å². The lowest BCUT2D eigenvalue weighted by atomic mass is 10.1. The number of aryl methyl sites for hydroxylation is 1. The number of amides is 1. The Hall–Kier alpha value is -2.39. The van der Waals surface area contributed by atoms with Crippen LogP contribution in [0.5, 0.6) is 0 Å². The zero-order chi connectivity index (χ0) is 23.8. The van der Waals surface area contributed by atoms with Crippen LogP contribution in [0, 0.1) is 13.8 Å². The molecule has 0 aliphatic rings. The second-order valence-corrected chi connectivity index (χ2v) is 10.0. The number of hydrogen-bond acceptors (Lipinski definition) is 4. The van der Waals surface area contributed by atoms with Crippen LogP contribution in [0.4, 0.5) is 0 Å². The van der Waals surface area contributed by atoms with Crippen LogP contribution in [0.15, 0.2) is 47.4 Å². The molecule has 0 saturated carbocycles. The Balaban J connectivity index is 1.84. The summed E-state index contributed by atoms with van der Waals surface area (Å²) in [6.45, 7) is 5.58. The van der Waals surface area contributed by atoms with Crippen LogP contribution in [0.25, 0.3) is 5.69 Å². The first kappa shape index (κ1) is 24.3. The van der Waals surface area contributed by atoms with Crippen LogP contribution in [0.2, 0.25) is 10.0 Å². The van der Waals surface area contributed by atoms with Crippen molar-refractivity contribution in [2.24, 2.45) is 5.14 Å². The third-order valence-corrected chi connectivity index (χ3v) is 7.21. The number of nitrogens with two attached hydrogens (primary N) is 1. The van der Waals surface area contributed by atoms with Crippen LogP contribution in [0.3, 0.4) is 0 Å². The highest BCUT2D eigenvalue weighted by molar-refractivity contribution is 7.89. The molecule has 1 atom stereocenters. The van der Waals surface area contributed by atoms with Gasteiger partial charge in [0.05, 0.1) is 38.8 Å². The number of halogens is 2. The molecular weight excluding hydrogens is 471 g/mol. The van der Waals surface area contributed by atoms with Gasteiger partial charge >= 0.3 is 0 Å². The van der Waals surface area contributed by atoms with Gasteiger partial charge in [-0.3, -0.25) is 4.79 Å². The van der Waals surface area contributed by atoms with E-state index in [2.05, 4.69) is 5.10 Å². The Labute approximate surface area is 197 Å². The van der Waals surface area contributed by atoms with Crippen LogP contribution >= 0.6 is 23.2 Å². The summed E-state index contributed by atoms with van der Waals surface area (Å²) in [5.41, 5.74) is 3.80. The second-order valence-electron chi connectivity index (χ2n) is 7.63. The van der Waals surface area contributed by atoms with Gasteiger partial charge in [0.2, 0.25) is 15.9 Å². The van der Waals surface area contributed by atoms with Crippen molar-refractivity contribution < 1.29 is 13.2 Å². The van der Waals surface area contributed by atoms with Gasteiger partial charge in [-0.2, -0.15) is 5.10 Å². The first-order valence-electron chi connectivity index (χ1n) is 9.79. The molecule has 3 aromatic rings. The molecule has 0 saturated heterocycles. The van der Waals surface area contributed by atoms with Gasteiger partial charge in [0.1, 0.15) is 0 Å². The maximum atomic E-state index is 13.1. The molecule has 0 aliphatic carbocycles. The van der Waals surface area contributed by atoms with Crippen LogP contribution in [0.1, 0.15) is 35.5 Å². The highest BCUT2D eigenvalue weighted by atomic mass is 35.5. The fourth-order valence-corrected chi connectivity index (χ4v) is 4.33. The summed E-state index contributed by atoms with van der Waals surface area (Å²) in [5.74, 6) is -0.126. The lowest BCUT2D eigenvalue weighted by Crippen LogP contribution is -2.31. The molecule has 0 radical (unpaired) electrons. The molecule has 10 heteroatoms. The molecule has 1 unspecified atom stereocenters. The number of aromatic nitrogens is 2. The van der Waals surface area contributed by atoms with Crippen molar-refractivity contribution in [3.05, 3.63) is 75.0 Å². The third kappa shape index (κ3) is 4.99. The smallest absolute Gasteiger partial charge is 0.238 e. The van der Waals surface area contributed by atoms with Gasteiger partial charge in [-0.15, -0.1) is 0 Å². The van der Waals surface area contributed by atoms with Gasteiger partial charge in [0, 0.05) is 18.3 Å². The van der Waals surface area contributed by atoms with E-state index in [9.17, 15) is 13.2 Å². The number of hydrogen-bond donors (Lipinski definition) is 1. The number of benzene rings is 2. The lowest BCUT2D eigenvalue weighted by Gasteiger charge is -2.26. The highest BCUT2D eigenvalue weighted by Gasteiger charge is 2.23. The normalized spacial score (nSPS) is 12.6. The van der Waals surface area contributed by atoms with E-state index in [0.29, 0.717) is 15.6 Å². The van der Waals surface area contributed by atoms with E-state index in [-0.39, 0.29) is 23.3 Å². The van der Waals surface area contributed by atoms with E-state index in [0.717, 1.165) is 22.6 Å². The Morgan fingerprint density at radius 3 is 2.47 bits per heavy atom. The highest BCUT2D eigenvalue weighted by Crippen LogP contribution is 2.27. The van der Waals surface area contributed by atoms with Gasteiger partial charge in [-0.05, 0) is 56.7 Å². The van der Waals surface area contributed by atoms with Gasteiger partial charge in [0.25, 0.3) is 0 Å². The minimum absolute atomic E-state index is 0.0114. The van der Waals surface area contributed by atoms with Gasteiger partial charge in [-0.1, -0.05) is 35.3 Å². The summed E-state index contributed by atoms with van der Waals surface area (Å²) in [7, 11) is -2.14. The quantitative estimate of drug-likeness (QED) is 0.554. The van der Waals surface area contributed by atoms with E-state index in [1.54, 1.807) is 40.9 Å². The summed E-state index contributed by atoms with van der Waals surface area (Å²) < 4.78 is 25.1. The molecule has 170 valence electrons. The van der Waals surface area contributed by atoms with Crippen molar-refractivity contribution >= 4 is 39.1 Å². The Bertz CT molecular complexity index is 1290. The van der Waals surface area contributed by atoms with Crippen LogP contribution in [-0.4, -0.2) is 36.1 Å². The summed E-state index contributed by atoms with van der Waals surface area (Å²) in [4.78, 5) is 14.7. The first-order valence-corrected chi connectivity index (χ1v) is 12.1. The average molecular weight is 495 g/mol. The van der Waals surface area contributed by atoms with E-state index >= 15 is 0 Å². The van der Waals surface area contributed by atoms with E-state index in [1.165, 1.54) is 12.1 Å². The number of likely N-dealkylation sites (N-methyl/N-ethyl adjacent to an activating group) is 1. The summed E-state index contributed by atoms with van der Waals surface area (Å²) in [5, 5.41) is 10.7. The zero-order valence-electron chi connectivity index (χ0n) is 18.1. The Morgan fingerprint density at radius 2 is 1.84 bits per heavy atom. The topological polar surface area (TPSA) is 98.3 Å². The van der Waals surface area contributed by atoms with Crippen molar-refractivity contribution in [2.45, 2.75) is 38.1 Å². The van der Waals surface area contributed by atoms with Crippen LogP contribution < -0.4 is 5.14 Å². The predicted molar refractivity (Wildman–Crippen MR) is 126 cm³/mol. The van der Waals surface area contributed by atoms with Crippen molar-refractivity contribution in [1.82, 2.24) is 14.7 Å². The summed E-state index contributed by atoms with van der Waals surface area (Å²) in [6, 6.07) is 11.2. The summed E-state index contributed by atoms with van der Waals surface area (Å²) in [6.07, 6.45) is 0.148. The molecule has 32 heavy (non-hydrogen) atoms. The van der Waals surface area contributed by atoms with E-state index in [1.807, 2.05) is 26.8 Å². The first-order chi connectivity index (χ1) is 14.9. The molecule has 0 fully saturated rings. The van der Waals surface area contributed by atoms with Crippen molar-refractivity contribution in [3.63, 3.8) is 0 Å². The van der Waals surface area contributed by atoms with Crippen molar-refractivity contribution in [1.29, 1.82) is 0 Å². The molecule has 2 N–H and O–H groups in total. The number of nitrogens with zero attached hydrogens (tertiary/aromatic N) is 3. The maximum absolute atomic E-state index is 13.1. The van der Waals surface area contributed by atoms with Gasteiger partial charge in [0.15, 0.2) is 0 Å². The minimum atomic E-state index is -3.83. The summed E-state index contributed by atoms with van der Waals surface area (Å²) >= 11 is 12.2. The van der Waals surface area contributed by atoms with E-state index in [4.69, 9.17) is 28.3 Å². The van der Waals surface area contributed by atoms with Crippen molar-refractivity contribution in [2.75, 3.05) is 7.05 Å². The molecule has 1 aromatic heterocycles. The molecule has 2 aromatic carbocycles. The molecule has 0 bridgehead atoms. The SMILES string of the molecule is Cc1nn(-c2ccc(Cl)c(Cl)c2)c(C)c1CC(=O)N(C)C(C)c1cccc(S(N)(=O)=O)c1. The fourth-order valence-electron chi connectivity index (χ4n) is 3.47. The number of primary sulfonamides is 1. The Kier molecular flexibility index (Phi) is 7.00. The maximum Gasteiger partial charge on any atom is 0.238 e. The Morgan fingerprint density at radius 1 is 1.16 bits per heavy atom. The number of carbonyl (C=O) groups excluding carboxylic acids is 1. The standard InChI is InChI=1S/C22H24Cl2N4O3S/c1-13-19(15(3)28(26-13)17-8-9-20(23)21(24)11-17)12-22(29)27(4)14(2)16-6-5-7-18(10-16)32(25,30)31/h5-11,14H,12H2,1-4H3,(H2,25,30,31). The number of carbonyl (C=O) groups is 1. The van der Waals surface area contributed by atoms with Gasteiger partial charge in [-0.25, -0.2) is 18.2 Å². The molecule has 0 aliphatic heterocycles. The van der Waals surface area contributed by atoms with Gasteiger partial charge < -0.3 is 4.90 Å². The predicted octanol–water partition coefficient (Wildman–Crippen LogP) is 4.21. The molecule has 1 heterocycles. The third-order valence-electron chi connectivity index (χ3n) is 5.56. The lowest BCUT2D eigenvalue weighted by molar-refractivity contribution is -0.131. The fraction of sp³-hybridized carbons (Fsp3) is 0.273. The van der Waals surface area contributed by atoms with Crippen molar-refractivity contribution in [3.8, 4) is 5.69 Å². The molecule has 1 amide bonds. The number of rotatable bonds is 6. The second kappa shape index (κ2) is 9.23. The molecule has 0 spiro atoms. The minimum Gasteiger partial charge on any atom is -0.339 e. The molecule has 3 rings (SSSR count). The van der Waals surface area contributed by atoms with E-state index < -0.39 is 10.0 Å². The molecule has 7 nitrogen and oxygen atoms in total. The average Bonchev–Trinajstić information content (AvgIpc) is 3.02. The monoisotopic (exact) mass is 494 g/mol.